The van der Waals surface area contributed by atoms with Crippen LogP contribution < -0.4 is 10.2 Å². The summed E-state index contributed by atoms with van der Waals surface area (Å²) < 4.78 is 0. The van der Waals surface area contributed by atoms with Crippen LogP contribution in [-0.4, -0.2) is 28.5 Å². The molecule has 3 aromatic rings. The van der Waals surface area contributed by atoms with Crippen LogP contribution >= 0.6 is 0 Å². The Morgan fingerprint density at radius 3 is 2.03 bits per heavy atom. The third-order valence-electron chi connectivity index (χ3n) is 6.25. The van der Waals surface area contributed by atoms with Gasteiger partial charge >= 0.3 is 6.09 Å². The van der Waals surface area contributed by atoms with Gasteiger partial charge in [0.25, 0.3) is 0 Å². The number of benzene rings is 3. The average molecular weight is 386 g/mol. The number of carbonyl (C=O) groups is 1. The number of rotatable bonds is 3. The number of nitrogens with zero attached hydrogens (tertiary/aromatic N) is 1. The quantitative estimate of drug-likeness (QED) is 0.639. The van der Waals surface area contributed by atoms with Crippen LogP contribution in [0.15, 0.2) is 84.9 Å². The summed E-state index contributed by atoms with van der Waals surface area (Å²) in [6.45, 7) is 0. The maximum absolute atomic E-state index is 12.1. The topological polar surface area (TPSA) is 72.8 Å². The first-order valence-electron chi connectivity index (χ1n) is 9.81. The third-order valence-corrected chi connectivity index (χ3v) is 6.25. The lowest BCUT2D eigenvalue weighted by atomic mass is 9.78. The van der Waals surface area contributed by atoms with Crippen molar-refractivity contribution >= 4 is 11.8 Å². The van der Waals surface area contributed by atoms with E-state index in [2.05, 4.69) is 5.32 Å². The highest BCUT2D eigenvalue weighted by Crippen LogP contribution is 2.49. The lowest BCUT2D eigenvalue weighted by molar-refractivity contribution is 0.0420. The molecule has 0 spiro atoms. The number of aliphatic hydroxyl groups is 1. The van der Waals surface area contributed by atoms with Crippen molar-refractivity contribution in [2.45, 2.75) is 30.1 Å². The summed E-state index contributed by atoms with van der Waals surface area (Å²) in [4.78, 5) is 13.4. The van der Waals surface area contributed by atoms with Crippen LogP contribution in [-0.2, 0) is 5.60 Å². The van der Waals surface area contributed by atoms with Crippen LogP contribution in [0.1, 0.15) is 29.0 Å². The lowest BCUT2D eigenvalue weighted by Crippen LogP contribution is -2.52. The van der Waals surface area contributed by atoms with Crippen molar-refractivity contribution in [1.29, 1.82) is 0 Å². The summed E-state index contributed by atoms with van der Waals surface area (Å²) in [5.74, 6) is -0.00810. The Bertz CT molecular complexity index is 999. The molecule has 2 aliphatic heterocycles. The van der Waals surface area contributed by atoms with Crippen LogP contribution in [0.5, 0.6) is 0 Å². The van der Waals surface area contributed by atoms with E-state index in [0.29, 0.717) is 6.42 Å². The zero-order valence-corrected chi connectivity index (χ0v) is 15.8. The van der Waals surface area contributed by atoms with Crippen molar-refractivity contribution < 1.29 is 15.0 Å². The molecule has 0 bridgehead atoms. The van der Waals surface area contributed by atoms with Gasteiger partial charge in [0.05, 0.1) is 11.9 Å². The average Bonchev–Trinajstić information content (AvgIpc) is 3.32. The Morgan fingerprint density at radius 1 is 0.897 bits per heavy atom. The molecule has 3 N–H and O–H groups in total. The van der Waals surface area contributed by atoms with E-state index in [1.165, 1.54) is 4.90 Å². The van der Waals surface area contributed by atoms with Gasteiger partial charge in [0.2, 0.25) is 0 Å². The molecule has 1 saturated heterocycles. The predicted molar refractivity (Wildman–Crippen MR) is 111 cm³/mol. The Hall–Kier alpha value is -3.15. The molecule has 29 heavy (non-hydrogen) atoms. The molecule has 3 atom stereocenters. The molecule has 0 aromatic heterocycles. The monoisotopic (exact) mass is 386 g/mol. The minimum absolute atomic E-state index is 0.00810. The van der Waals surface area contributed by atoms with E-state index in [-0.39, 0.29) is 12.0 Å². The van der Waals surface area contributed by atoms with Gasteiger partial charge < -0.3 is 10.2 Å². The second-order valence-electron chi connectivity index (χ2n) is 7.72. The van der Waals surface area contributed by atoms with E-state index in [1.54, 1.807) is 0 Å². The number of nitrogens with one attached hydrogen (secondary N) is 1. The van der Waals surface area contributed by atoms with Gasteiger partial charge in [0.1, 0.15) is 5.60 Å². The molecule has 1 amide bonds. The van der Waals surface area contributed by atoms with Crippen LogP contribution in [0.2, 0.25) is 0 Å². The minimum atomic E-state index is -1.27. The summed E-state index contributed by atoms with van der Waals surface area (Å²) in [6, 6.07) is 26.5. The molecule has 2 aliphatic rings. The molecular weight excluding hydrogens is 364 g/mol. The van der Waals surface area contributed by atoms with E-state index < -0.39 is 17.9 Å². The number of para-hydroxylation sites is 1. The standard InChI is InChI=1S/C24H22N2O3/c27-23(28)26-20-14-8-7-13-18(20)19-15-21(25-22(19)26)24(29,16-9-3-1-4-10-16)17-11-5-2-6-12-17/h1-14,19,21-22,25,29H,15H2,(H,27,28). The number of carboxylic acid groups (broad SMARTS) is 1. The van der Waals surface area contributed by atoms with Crippen molar-refractivity contribution in [2.75, 3.05) is 4.90 Å². The largest absolute Gasteiger partial charge is 0.465 e. The van der Waals surface area contributed by atoms with E-state index in [9.17, 15) is 15.0 Å². The molecule has 5 heteroatoms. The maximum Gasteiger partial charge on any atom is 0.413 e. The zero-order chi connectivity index (χ0) is 20.0. The Balaban J connectivity index is 1.60. The fourth-order valence-electron chi connectivity index (χ4n) is 4.96. The highest BCUT2D eigenvalue weighted by Gasteiger charge is 2.53. The number of anilines is 1. The van der Waals surface area contributed by atoms with Gasteiger partial charge in [0.15, 0.2) is 0 Å². The second kappa shape index (κ2) is 6.72. The minimum Gasteiger partial charge on any atom is -0.465 e. The van der Waals surface area contributed by atoms with Crippen LogP contribution in [0.4, 0.5) is 10.5 Å². The van der Waals surface area contributed by atoms with Crippen molar-refractivity contribution in [2.24, 2.45) is 0 Å². The van der Waals surface area contributed by atoms with Crippen molar-refractivity contribution in [3.63, 3.8) is 0 Å². The van der Waals surface area contributed by atoms with Crippen LogP contribution in [0, 0.1) is 0 Å². The molecule has 2 heterocycles. The van der Waals surface area contributed by atoms with Crippen molar-refractivity contribution in [3.05, 3.63) is 102 Å². The number of amides is 1. The molecule has 0 radical (unpaired) electrons. The van der Waals surface area contributed by atoms with E-state index in [0.717, 1.165) is 22.4 Å². The summed E-state index contributed by atoms with van der Waals surface area (Å²) in [5, 5.41) is 25.4. The number of hydrogen-bond donors (Lipinski definition) is 3. The lowest BCUT2D eigenvalue weighted by Gasteiger charge is -2.36. The van der Waals surface area contributed by atoms with Crippen LogP contribution in [0.3, 0.4) is 0 Å². The van der Waals surface area contributed by atoms with E-state index in [1.807, 2.05) is 84.9 Å². The predicted octanol–water partition coefficient (Wildman–Crippen LogP) is 3.89. The molecule has 5 nitrogen and oxygen atoms in total. The Kier molecular flexibility index (Phi) is 4.15. The van der Waals surface area contributed by atoms with Gasteiger partial charge in [-0.1, -0.05) is 78.9 Å². The van der Waals surface area contributed by atoms with Crippen molar-refractivity contribution in [1.82, 2.24) is 5.32 Å². The smallest absolute Gasteiger partial charge is 0.413 e. The second-order valence-corrected chi connectivity index (χ2v) is 7.72. The fourth-order valence-corrected chi connectivity index (χ4v) is 4.96. The summed E-state index contributed by atoms with van der Waals surface area (Å²) in [7, 11) is 0. The van der Waals surface area contributed by atoms with Crippen LogP contribution in [0.25, 0.3) is 0 Å². The first-order chi connectivity index (χ1) is 14.1. The van der Waals surface area contributed by atoms with Gasteiger partial charge in [-0.3, -0.25) is 10.2 Å². The third kappa shape index (κ3) is 2.66. The molecule has 0 aliphatic carbocycles. The highest BCUT2D eigenvalue weighted by molar-refractivity contribution is 5.90. The van der Waals surface area contributed by atoms with Gasteiger partial charge in [-0.25, -0.2) is 4.79 Å². The Morgan fingerprint density at radius 2 is 1.45 bits per heavy atom. The van der Waals surface area contributed by atoms with Gasteiger partial charge in [0, 0.05) is 12.0 Å². The fraction of sp³-hybridized carbons (Fsp3) is 0.208. The highest BCUT2D eigenvalue weighted by atomic mass is 16.4. The molecule has 3 aromatic carbocycles. The first-order valence-corrected chi connectivity index (χ1v) is 9.81. The molecule has 3 unspecified atom stereocenters. The van der Waals surface area contributed by atoms with E-state index >= 15 is 0 Å². The summed E-state index contributed by atoms with van der Waals surface area (Å²) in [6.07, 6.45) is -0.749. The maximum atomic E-state index is 12.1. The van der Waals surface area contributed by atoms with Crippen molar-refractivity contribution in [3.8, 4) is 0 Å². The molecular formula is C24H22N2O3. The SMILES string of the molecule is O=C(O)N1c2ccccc2C2CC(C(O)(c3ccccc3)c3ccccc3)NC21. The van der Waals surface area contributed by atoms with E-state index in [4.69, 9.17) is 0 Å². The molecule has 5 rings (SSSR count). The normalized spacial score (nSPS) is 22.9. The molecule has 1 fully saturated rings. The summed E-state index contributed by atoms with van der Waals surface area (Å²) >= 11 is 0. The Labute approximate surface area is 169 Å². The molecule has 0 saturated carbocycles. The number of hydrogen-bond acceptors (Lipinski definition) is 3. The van der Waals surface area contributed by atoms with Gasteiger partial charge in [-0.05, 0) is 29.2 Å². The number of fused-ring (bicyclic) bond motifs is 3. The molecule has 146 valence electrons. The zero-order valence-electron chi connectivity index (χ0n) is 15.8. The first kappa shape index (κ1) is 17.9. The van der Waals surface area contributed by atoms with Gasteiger partial charge in [-0.15, -0.1) is 0 Å². The summed E-state index contributed by atoms with van der Waals surface area (Å²) in [5.41, 5.74) is 2.05. The van der Waals surface area contributed by atoms with Gasteiger partial charge in [-0.2, -0.15) is 0 Å².